The molecule has 0 radical (unpaired) electrons. The number of imidazole rings is 1. The minimum absolute atomic E-state index is 0.0257. The van der Waals surface area contributed by atoms with Gasteiger partial charge in [-0.25, -0.2) is 9.97 Å². The van der Waals surface area contributed by atoms with Crippen LogP contribution in [0.2, 0.25) is 0 Å². The number of Topliss-reactive ketones (excluding diaryl/α,β-unsaturated/α-hetero) is 1. The largest absolute Gasteiger partial charge is 0.467 e. The van der Waals surface area contributed by atoms with Gasteiger partial charge >= 0.3 is 6.01 Å². The molecule has 0 aliphatic heterocycles. The number of aromatic nitrogens is 4. The van der Waals surface area contributed by atoms with E-state index in [1.807, 2.05) is 18.7 Å². The number of methoxy groups -OCH3 is 1. The van der Waals surface area contributed by atoms with Gasteiger partial charge < -0.3 is 9.64 Å². The highest BCUT2D eigenvalue weighted by Gasteiger charge is 2.24. The predicted octanol–water partition coefficient (Wildman–Crippen LogP) is 3.10. The van der Waals surface area contributed by atoms with E-state index in [4.69, 9.17) is 4.74 Å². The SMILES string of the molecule is CCCCN(CCCC)C(=O)Cn1c(C(=O)C(C)C)nc2cnc(OC)nc21. The highest BCUT2D eigenvalue weighted by molar-refractivity contribution is 5.97. The Balaban J connectivity index is 2.42. The highest BCUT2D eigenvalue weighted by Crippen LogP contribution is 2.19. The Bertz CT molecular complexity index is 808. The van der Waals surface area contributed by atoms with Gasteiger partial charge in [-0.1, -0.05) is 40.5 Å². The molecule has 0 aromatic carbocycles. The zero-order valence-corrected chi connectivity index (χ0v) is 17.6. The van der Waals surface area contributed by atoms with Crippen molar-refractivity contribution in [2.75, 3.05) is 20.2 Å². The minimum atomic E-state index is -0.239. The Morgan fingerprint density at radius 1 is 1.14 bits per heavy atom. The Hall–Kier alpha value is -2.51. The molecule has 0 aliphatic rings. The molecule has 0 bridgehead atoms. The Kier molecular flexibility index (Phi) is 7.90. The van der Waals surface area contributed by atoms with E-state index in [1.54, 1.807) is 4.57 Å². The molecule has 2 heterocycles. The molecule has 8 nitrogen and oxygen atoms in total. The summed E-state index contributed by atoms with van der Waals surface area (Å²) in [5.41, 5.74) is 0.918. The van der Waals surface area contributed by atoms with Crippen LogP contribution >= 0.6 is 0 Å². The summed E-state index contributed by atoms with van der Waals surface area (Å²) in [7, 11) is 1.48. The first-order chi connectivity index (χ1) is 13.4. The van der Waals surface area contributed by atoms with Crippen LogP contribution in [0.4, 0.5) is 0 Å². The molecule has 0 aliphatic carbocycles. The number of ketones is 1. The molecule has 0 saturated heterocycles. The number of fused-ring (bicyclic) bond motifs is 1. The van der Waals surface area contributed by atoms with Crippen molar-refractivity contribution in [1.82, 2.24) is 24.4 Å². The van der Waals surface area contributed by atoms with Crippen LogP contribution in [0.1, 0.15) is 64.0 Å². The summed E-state index contributed by atoms with van der Waals surface area (Å²) in [5.74, 6) is -0.154. The topological polar surface area (TPSA) is 90.2 Å². The van der Waals surface area contributed by atoms with E-state index < -0.39 is 0 Å². The second kappa shape index (κ2) is 10.1. The Labute approximate surface area is 166 Å². The molecule has 0 N–H and O–H groups in total. The lowest BCUT2D eigenvalue weighted by Gasteiger charge is -2.23. The minimum Gasteiger partial charge on any atom is -0.467 e. The van der Waals surface area contributed by atoms with E-state index in [9.17, 15) is 9.59 Å². The van der Waals surface area contributed by atoms with Crippen LogP contribution in [0, 0.1) is 5.92 Å². The third kappa shape index (κ3) is 5.05. The van der Waals surface area contributed by atoms with Crippen LogP contribution in [-0.4, -0.2) is 56.3 Å². The molecule has 8 heteroatoms. The number of hydrogen-bond donors (Lipinski definition) is 0. The van der Waals surface area contributed by atoms with E-state index >= 15 is 0 Å². The zero-order chi connectivity index (χ0) is 20.7. The van der Waals surface area contributed by atoms with Gasteiger partial charge in [0.2, 0.25) is 11.7 Å². The van der Waals surface area contributed by atoms with Crippen molar-refractivity contribution >= 4 is 22.9 Å². The van der Waals surface area contributed by atoms with Gasteiger partial charge in [0.15, 0.2) is 11.5 Å². The predicted molar refractivity (Wildman–Crippen MR) is 107 cm³/mol. The van der Waals surface area contributed by atoms with Crippen LogP contribution in [0.3, 0.4) is 0 Å². The van der Waals surface area contributed by atoms with Gasteiger partial charge in [0.1, 0.15) is 12.1 Å². The molecule has 0 unspecified atom stereocenters. The van der Waals surface area contributed by atoms with E-state index in [2.05, 4.69) is 28.8 Å². The van der Waals surface area contributed by atoms with Crippen LogP contribution in [-0.2, 0) is 11.3 Å². The number of hydrogen-bond acceptors (Lipinski definition) is 6. The summed E-state index contributed by atoms with van der Waals surface area (Å²) in [6, 6.07) is 0.179. The quantitative estimate of drug-likeness (QED) is 0.549. The summed E-state index contributed by atoms with van der Waals surface area (Å²) < 4.78 is 6.72. The fraction of sp³-hybridized carbons (Fsp3) is 0.650. The van der Waals surface area contributed by atoms with Gasteiger partial charge in [0, 0.05) is 19.0 Å². The second-order valence-electron chi connectivity index (χ2n) is 7.19. The van der Waals surface area contributed by atoms with Gasteiger partial charge in [-0.05, 0) is 12.8 Å². The van der Waals surface area contributed by atoms with Crippen molar-refractivity contribution in [1.29, 1.82) is 0 Å². The lowest BCUT2D eigenvalue weighted by atomic mass is 10.1. The van der Waals surface area contributed by atoms with Crippen LogP contribution in [0.15, 0.2) is 6.20 Å². The van der Waals surface area contributed by atoms with Gasteiger partial charge in [0.05, 0.1) is 13.3 Å². The van der Waals surface area contributed by atoms with Crippen molar-refractivity contribution in [3.8, 4) is 6.01 Å². The summed E-state index contributed by atoms with van der Waals surface area (Å²) in [6.45, 7) is 9.30. The van der Waals surface area contributed by atoms with Crippen molar-refractivity contribution in [2.24, 2.45) is 5.92 Å². The van der Waals surface area contributed by atoms with Gasteiger partial charge in [-0.3, -0.25) is 14.2 Å². The first-order valence-electron chi connectivity index (χ1n) is 10.0. The van der Waals surface area contributed by atoms with Crippen LogP contribution in [0.25, 0.3) is 11.2 Å². The molecule has 2 rings (SSSR count). The van der Waals surface area contributed by atoms with E-state index in [-0.39, 0.29) is 36.0 Å². The van der Waals surface area contributed by atoms with Crippen molar-refractivity contribution in [3.05, 3.63) is 12.0 Å². The monoisotopic (exact) mass is 389 g/mol. The van der Waals surface area contributed by atoms with Crippen LogP contribution < -0.4 is 4.74 Å². The molecule has 0 fully saturated rings. The first-order valence-corrected chi connectivity index (χ1v) is 10.0. The lowest BCUT2D eigenvalue weighted by Crippen LogP contribution is -2.36. The average Bonchev–Trinajstić information content (AvgIpc) is 3.04. The molecule has 0 spiro atoms. The van der Waals surface area contributed by atoms with E-state index in [1.165, 1.54) is 13.3 Å². The van der Waals surface area contributed by atoms with Gasteiger partial charge in [0.25, 0.3) is 0 Å². The number of carbonyl (C=O) groups is 2. The second-order valence-corrected chi connectivity index (χ2v) is 7.19. The van der Waals surface area contributed by atoms with Gasteiger partial charge in [-0.15, -0.1) is 0 Å². The molecular formula is C20H31N5O3. The molecule has 0 saturated carbocycles. The highest BCUT2D eigenvalue weighted by atomic mass is 16.5. The summed E-state index contributed by atoms with van der Waals surface area (Å²) in [6.07, 6.45) is 5.46. The fourth-order valence-electron chi connectivity index (χ4n) is 2.89. The molecule has 0 atom stereocenters. The van der Waals surface area contributed by atoms with Gasteiger partial charge in [-0.2, -0.15) is 4.98 Å². The smallest absolute Gasteiger partial charge is 0.318 e. The number of nitrogens with zero attached hydrogens (tertiary/aromatic N) is 5. The fourth-order valence-corrected chi connectivity index (χ4v) is 2.89. The normalized spacial score (nSPS) is 11.2. The third-order valence-electron chi connectivity index (χ3n) is 4.60. The van der Waals surface area contributed by atoms with Crippen molar-refractivity contribution < 1.29 is 14.3 Å². The molecule has 154 valence electrons. The summed E-state index contributed by atoms with van der Waals surface area (Å²) >= 11 is 0. The number of rotatable bonds is 11. The average molecular weight is 390 g/mol. The maximum absolute atomic E-state index is 13.1. The van der Waals surface area contributed by atoms with Crippen molar-refractivity contribution in [3.63, 3.8) is 0 Å². The third-order valence-corrected chi connectivity index (χ3v) is 4.60. The standard InChI is InChI=1S/C20H31N5O3/c1-6-8-10-24(11-9-7-2)16(26)13-25-18-15(12-21-20(23-18)28-5)22-19(25)17(27)14(3)4/h12,14H,6-11,13H2,1-5H3. The van der Waals surface area contributed by atoms with Crippen molar-refractivity contribution in [2.45, 2.75) is 59.9 Å². The molecule has 2 aromatic rings. The summed E-state index contributed by atoms with van der Waals surface area (Å²) in [4.78, 5) is 40.4. The lowest BCUT2D eigenvalue weighted by molar-refractivity contribution is -0.132. The number of unbranched alkanes of at least 4 members (excludes halogenated alkanes) is 2. The van der Waals surface area contributed by atoms with E-state index in [0.29, 0.717) is 24.3 Å². The molecule has 28 heavy (non-hydrogen) atoms. The first kappa shape index (κ1) is 21.8. The molecular weight excluding hydrogens is 358 g/mol. The number of carbonyl (C=O) groups excluding carboxylic acids is 2. The molecule has 1 amide bonds. The Morgan fingerprint density at radius 3 is 2.32 bits per heavy atom. The maximum atomic E-state index is 13.1. The van der Waals surface area contributed by atoms with E-state index in [0.717, 1.165) is 25.7 Å². The number of ether oxygens (including phenoxy) is 1. The molecule has 2 aromatic heterocycles. The summed E-state index contributed by atoms with van der Waals surface area (Å²) in [5, 5.41) is 0. The van der Waals surface area contributed by atoms with Crippen LogP contribution in [0.5, 0.6) is 6.01 Å². The Morgan fingerprint density at radius 2 is 1.79 bits per heavy atom. The zero-order valence-electron chi connectivity index (χ0n) is 17.6. The maximum Gasteiger partial charge on any atom is 0.318 e. The number of amides is 1.